The Hall–Kier alpha value is -2.33. The molecule has 0 saturated carbocycles. The summed E-state index contributed by atoms with van der Waals surface area (Å²) in [6.45, 7) is 0.110. The van der Waals surface area contributed by atoms with E-state index in [1.165, 1.54) is 43.1 Å². The van der Waals surface area contributed by atoms with Gasteiger partial charge in [0, 0.05) is 43.5 Å². The van der Waals surface area contributed by atoms with Crippen LogP contribution in [-0.2, 0) is 23.6 Å². The monoisotopic (exact) mass is 402 g/mol. The lowest BCUT2D eigenvalue weighted by atomic mass is 10.0. The van der Waals surface area contributed by atoms with Crippen LogP contribution in [0.5, 0.6) is 5.75 Å². The molecule has 0 radical (unpaired) electrons. The first-order valence-electron chi connectivity index (χ1n) is 7.90. The second-order valence-electron chi connectivity index (χ2n) is 6.45. The number of benzene rings is 1. The zero-order valence-electron chi connectivity index (χ0n) is 14.8. The van der Waals surface area contributed by atoms with E-state index < -0.39 is 22.8 Å². The number of fused-ring (bicyclic) bond motifs is 1. The zero-order valence-corrected chi connectivity index (χ0v) is 15.6. The van der Waals surface area contributed by atoms with Gasteiger partial charge in [0.25, 0.3) is 5.56 Å². The van der Waals surface area contributed by atoms with E-state index in [2.05, 4.69) is 0 Å². The smallest absolute Gasteiger partial charge is 0.422 e. The van der Waals surface area contributed by atoms with Crippen LogP contribution in [0.15, 0.2) is 34.1 Å². The van der Waals surface area contributed by atoms with Crippen LogP contribution in [0.2, 0.25) is 0 Å². The number of sulfonamides is 1. The van der Waals surface area contributed by atoms with Crippen LogP contribution in [0.3, 0.4) is 0 Å². The maximum atomic E-state index is 12.6. The van der Waals surface area contributed by atoms with Crippen molar-refractivity contribution in [2.24, 2.45) is 7.05 Å². The first kappa shape index (κ1) is 19.4. The molecule has 0 fully saturated rings. The molecule has 0 spiro atoms. The maximum Gasteiger partial charge on any atom is 0.422 e. The Bertz CT molecular complexity index is 1050. The molecule has 0 bridgehead atoms. The van der Waals surface area contributed by atoms with Crippen molar-refractivity contribution in [1.29, 1.82) is 0 Å². The molecule has 1 aliphatic heterocycles. The van der Waals surface area contributed by atoms with Gasteiger partial charge >= 0.3 is 6.18 Å². The van der Waals surface area contributed by atoms with Gasteiger partial charge in [-0.15, -0.1) is 0 Å². The topological polar surface area (TPSA) is 68.6 Å². The Morgan fingerprint density at radius 3 is 2.44 bits per heavy atom. The van der Waals surface area contributed by atoms with E-state index in [0.29, 0.717) is 16.7 Å². The molecule has 0 unspecified atom stereocenters. The largest absolute Gasteiger partial charge is 0.483 e. The maximum absolute atomic E-state index is 12.6. The third-order valence-corrected chi connectivity index (χ3v) is 6.19. The van der Waals surface area contributed by atoms with Crippen LogP contribution in [0, 0.1) is 6.92 Å². The number of hydrogen-bond donors (Lipinski definition) is 0. The number of rotatable bonds is 3. The van der Waals surface area contributed by atoms with Crippen molar-refractivity contribution in [1.82, 2.24) is 8.87 Å². The predicted octanol–water partition coefficient (Wildman–Crippen LogP) is 2.44. The first-order valence-corrected chi connectivity index (χ1v) is 9.34. The van der Waals surface area contributed by atoms with Gasteiger partial charge in [-0.1, -0.05) is 0 Å². The number of alkyl halides is 3. The van der Waals surface area contributed by atoms with E-state index in [1.807, 2.05) is 0 Å². The van der Waals surface area contributed by atoms with Crippen molar-refractivity contribution in [3.63, 3.8) is 0 Å². The van der Waals surface area contributed by atoms with Crippen molar-refractivity contribution >= 4 is 10.0 Å². The Labute approximate surface area is 153 Å². The molecular formula is C17H17F3N2O4S. The van der Waals surface area contributed by atoms with Crippen LogP contribution in [-0.4, -0.2) is 37.1 Å². The van der Waals surface area contributed by atoms with Crippen LogP contribution in [0.25, 0.3) is 11.1 Å². The Kier molecular flexibility index (Phi) is 4.59. The number of ether oxygens (including phenoxy) is 1. The third kappa shape index (κ3) is 3.59. The molecule has 0 amide bonds. The number of halogens is 3. The van der Waals surface area contributed by atoms with E-state index in [1.54, 1.807) is 6.92 Å². The highest BCUT2D eigenvalue weighted by atomic mass is 32.2. The minimum Gasteiger partial charge on any atom is -0.483 e. The van der Waals surface area contributed by atoms with Crippen molar-refractivity contribution in [3.8, 4) is 16.9 Å². The predicted molar refractivity (Wildman–Crippen MR) is 92.1 cm³/mol. The van der Waals surface area contributed by atoms with Crippen LogP contribution >= 0.6 is 0 Å². The zero-order chi connectivity index (χ0) is 20.1. The summed E-state index contributed by atoms with van der Waals surface area (Å²) in [5.41, 5.74) is 1.04. The minimum absolute atomic E-state index is 0.0193. The molecule has 0 atom stereocenters. The highest BCUT2D eigenvalue weighted by Gasteiger charge is 2.34. The highest BCUT2D eigenvalue weighted by Crippen LogP contribution is 2.39. The Balaban J connectivity index is 2.22. The molecular weight excluding hydrogens is 385 g/mol. The fourth-order valence-corrected chi connectivity index (χ4v) is 4.35. The normalized spacial score (nSPS) is 16.4. The van der Waals surface area contributed by atoms with Gasteiger partial charge in [0.05, 0.1) is 4.90 Å². The molecule has 2 heterocycles. The molecule has 146 valence electrons. The summed E-state index contributed by atoms with van der Waals surface area (Å²) in [4.78, 5) is 11.9. The highest BCUT2D eigenvalue weighted by molar-refractivity contribution is 7.89. The van der Waals surface area contributed by atoms with E-state index in [9.17, 15) is 26.4 Å². The number of aryl methyl sites for hydroxylation is 2. The summed E-state index contributed by atoms with van der Waals surface area (Å²) in [6.07, 6.45) is -3.11. The number of pyridine rings is 1. The lowest BCUT2D eigenvalue weighted by Crippen LogP contribution is -2.20. The molecule has 1 aliphatic rings. The van der Waals surface area contributed by atoms with Crippen molar-refractivity contribution in [2.45, 2.75) is 24.5 Å². The van der Waals surface area contributed by atoms with Gasteiger partial charge in [0.1, 0.15) is 5.75 Å². The van der Waals surface area contributed by atoms with Gasteiger partial charge in [-0.2, -0.15) is 17.5 Å². The summed E-state index contributed by atoms with van der Waals surface area (Å²) < 4.78 is 70.2. The first-order chi connectivity index (χ1) is 12.4. The van der Waals surface area contributed by atoms with E-state index >= 15 is 0 Å². The van der Waals surface area contributed by atoms with Gasteiger partial charge in [-0.25, -0.2) is 8.42 Å². The molecule has 0 N–H and O–H groups in total. The summed E-state index contributed by atoms with van der Waals surface area (Å²) in [5.74, 6) is -0.0883. The Morgan fingerprint density at radius 1 is 1.19 bits per heavy atom. The molecule has 10 heteroatoms. The summed E-state index contributed by atoms with van der Waals surface area (Å²) in [7, 11) is -0.819. The molecule has 0 aliphatic carbocycles. The number of hydrogen-bond acceptors (Lipinski definition) is 4. The summed E-state index contributed by atoms with van der Waals surface area (Å²) >= 11 is 0. The van der Waals surface area contributed by atoms with Crippen LogP contribution in [0.4, 0.5) is 13.2 Å². The third-order valence-electron chi connectivity index (χ3n) is 4.31. The second kappa shape index (κ2) is 6.38. The molecule has 0 saturated heterocycles. The molecule has 1 aromatic carbocycles. The fourth-order valence-electron chi connectivity index (χ4n) is 2.99. The fraction of sp³-hybridized carbons (Fsp3) is 0.353. The lowest BCUT2D eigenvalue weighted by molar-refractivity contribution is -0.153. The van der Waals surface area contributed by atoms with Gasteiger partial charge in [0.2, 0.25) is 10.0 Å². The number of nitrogens with zero attached hydrogens (tertiary/aromatic N) is 2. The van der Waals surface area contributed by atoms with E-state index in [-0.39, 0.29) is 28.3 Å². The quantitative estimate of drug-likeness (QED) is 0.791. The molecule has 3 rings (SSSR count). The summed E-state index contributed by atoms with van der Waals surface area (Å²) in [5, 5.41) is 0. The lowest BCUT2D eigenvalue weighted by Gasteiger charge is -2.16. The van der Waals surface area contributed by atoms with Gasteiger partial charge in [-0.3, -0.25) is 4.79 Å². The molecule has 27 heavy (non-hydrogen) atoms. The second-order valence-corrected chi connectivity index (χ2v) is 8.46. The molecule has 1 aromatic heterocycles. The molecule has 6 nitrogen and oxygen atoms in total. The Morgan fingerprint density at radius 2 is 1.85 bits per heavy atom. The van der Waals surface area contributed by atoms with Crippen molar-refractivity contribution in [2.75, 3.05) is 13.7 Å². The van der Waals surface area contributed by atoms with Crippen LogP contribution in [0.1, 0.15) is 11.1 Å². The van der Waals surface area contributed by atoms with Crippen LogP contribution < -0.4 is 10.3 Å². The SMILES string of the molecule is Cc1cc(-c2cc3c(cc2OCC(F)(F)F)CN(C)S3(=O)=O)cn(C)c1=O. The average molecular weight is 402 g/mol. The van der Waals surface area contributed by atoms with Crippen molar-refractivity contribution < 1.29 is 26.3 Å². The average Bonchev–Trinajstić information content (AvgIpc) is 2.77. The molecule has 2 aromatic rings. The summed E-state index contributed by atoms with van der Waals surface area (Å²) in [6, 6.07) is 4.12. The van der Waals surface area contributed by atoms with Crippen molar-refractivity contribution in [3.05, 3.63) is 45.9 Å². The van der Waals surface area contributed by atoms with Gasteiger partial charge in [0.15, 0.2) is 6.61 Å². The van der Waals surface area contributed by atoms with E-state index in [0.717, 1.165) is 4.31 Å². The number of aromatic nitrogens is 1. The van der Waals surface area contributed by atoms with Gasteiger partial charge in [-0.05, 0) is 30.7 Å². The van der Waals surface area contributed by atoms with E-state index in [4.69, 9.17) is 4.74 Å². The standard InChI is InChI=1S/C17H17F3N2O4S/c1-10-4-11(7-21(2)16(10)23)13-6-15-12(8-22(3)27(15,24)25)5-14(13)26-9-17(18,19)20/h4-7H,8-9H2,1-3H3. The minimum atomic E-state index is -4.54. The van der Waals surface area contributed by atoms with Gasteiger partial charge < -0.3 is 9.30 Å².